The Morgan fingerprint density at radius 1 is 1.07 bits per heavy atom. The van der Waals surface area contributed by atoms with Gasteiger partial charge >= 0.3 is 0 Å². The van der Waals surface area contributed by atoms with Gasteiger partial charge in [-0.15, -0.1) is 12.6 Å². The highest BCUT2D eigenvalue weighted by molar-refractivity contribution is 7.80. The summed E-state index contributed by atoms with van der Waals surface area (Å²) in [5.41, 5.74) is 1.03. The summed E-state index contributed by atoms with van der Waals surface area (Å²) < 4.78 is 15.8. The van der Waals surface area contributed by atoms with Crippen LogP contribution in [0.1, 0.15) is 12.5 Å². The molecule has 0 amide bonds. The third-order valence-electron chi connectivity index (χ3n) is 2.26. The van der Waals surface area contributed by atoms with Crippen molar-refractivity contribution in [2.45, 2.75) is 18.2 Å². The van der Waals surface area contributed by atoms with E-state index in [1.165, 1.54) is 0 Å². The minimum Gasteiger partial charge on any atom is -0.493 e. The zero-order valence-corrected chi connectivity index (χ0v) is 10.4. The van der Waals surface area contributed by atoms with Crippen molar-refractivity contribution >= 4 is 12.6 Å². The second-order valence-corrected chi connectivity index (χ2v) is 3.48. The SMILES string of the molecule is CCc1c(S)cc(OC)c(OC)c1OC. The highest BCUT2D eigenvalue weighted by Crippen LogP contribution is 2.43. The van der Waals surface area contributed by atoms with Crippen LogP contribution in [0.4, 0.5) is 0 Å². The van der Waals surface area contributed by atoms with Gasteiger partial charge in [0.25, 0.3) is 0 Å². The van der Waals surface area contributed by atoms with E-state index in [4.69, 9.17) is 14.2 Å². The normalized spacial score (nSPS) is 9.93. The van der Waals surface area contributed by atoms with Crippen LogP contribution in [0.2, 0.25) is 0 Å². The number of benzene rings is 1. The third kappa shape index (κ3) is 2.15. The highest BCUT2D eigenvalue weighted by atomic mass is 32.1. The van der Waals surface area contributed by atoms with Gasteiger partial charge in [-0.1, -0.05) is 6.92 Å². The minimum absolute atomic E-state index is 0.620. The fourth-order valence-corrected chi connectivity index (χ4v) is 1.92. The maximum Gasteiger partial charge on any atom is 0.203 e. The lowest BCUT2D eigenvalue weighted by atomic mass is 10.1. The molecule has 0 saturated carbocycles. The molecule has 15 heavy (non-hydrogen) atoms. The lowest BCUT2D eigenvalue weighted by Crippen LogP contribution is -1.99. The molecule has 3 nitrogen and oxygen atoms in total. The van der Waals surface area contributed by atoms with Gasteiger partial charge in [0.05, 0.1) is 21.3 Å². The topological polar surface area (TPSA) is 27.7 Å². The summed E-state index contributed by atoms with van der Waals surface area (Å²) >= 11 is 4.40. The molecule has 84 valence electrons. The van der Waals surface area contributed by atoms with Crippen LogP contribution in [-0.2, 0) is 6.42 Å². The molecular weight excluding hydrogens is 212 g/mol. The van der Waals surface area contributed by atoms with Crippen molar-refractivity contribution in [3.05, 3.63) is 11.6 Å². The van der Waals surface area contributed by atoms with Crippen molar-refractivity contribution in [3.63, 3.8) is 0 Å². The van der Waals surface area contributed by atoms with Gasteiger partial charge in [0.1, 0.15) is 0 Å². The van der Waals surface area contributed by atoms with E-state index in [9.17, 15) is 0 Å². The molecule has 0 spiro atoms. The van der Waals surface area contributed by atoms with E-state index in [-0.39, 0.29) is 0 Å². The number of hydrogen-bond donors (Lipinski definition) is 1. The molecule has 0 aliphatic heterocycles. The van der Waals surface area contributed by atoms with Crippen molar-refractivity contribution in [2.24, 2.45) is 0 Å². The monoisotopic (exact) mass is 228 g/mol. The lowest BCUT2D eigenvalue weighted by molar-refractivity contribution is 0.320. The van der Waals surface area contributed by atoms with E-state index in [1.54, 1.807) is 21.3 Å². The highest BCUT2D eigenvalue weighted by Gasteiger charge is 2.17. The van der Waals surface area contributed by atoms with Crippen LogP contribution in [0, 0.1) is 0 Å². The molecule has 1 aromatic carbocycles. The Morgan fingerprint density at radius 2 is 1.67 bits per heavy atom. The Kier molecular flexibility index (Phi) is 4.15. The standard InChI is InChI=1S/C11H16O3S/c1-5-7-9(15)6-8(12-2)11(14-4)10(7)13-3/h6,15H,5H2,1-4H3. The van der Waals surface area contributed by atoms with Crippen LogP contribution in [0.25, 0.3) is 0 Å². The van der Waals surface area contributed by atoms with Crippen LogP contribution < -0.4 is 14.2 Å². The molecule has 0 unspecified atom stereocenters. The van der Waals surface area contributed by atoms with Gasteiger partial charge in [-0.25, -0.2) is 0 Å². The second-order valence-electron chi connectivity index (χ2n) is 3.00. The predicted octanol–water partition coefficient (Wildman–Crippen LogP) is 2.56. The molecule has 0 bridgehead atoms. The van der Waals surface area contributed by atoms with E-state index in [0.29, 0.717) is 17.2 Å². The van der Waals surface area contributed by atoms with Crippen LogP contribution in [-0.4, -0.2) is 21.3 Å². The van der Waals surface area contributed by atoms with Crippen molar-refractivity contribution in [1.82, 2.24) is 0 Å². The minimum atomic E-state index is 0.620. The summed E-state index contributed by atoms with van der Waals surface area (Å²) in [6.07, 6.45) is 0.836. The average Bonchev–Trinajstić information content (AvgIpc) is 2.27. The first kappa shape index (κ1) is 12.0. The number of ether oxygens (including phenoxy) is 3. The molecule has 0 heterocycles. The van der Waals surface area contributed by atoms with Gasteiger partial charge in [-0.2, -0.15) is 0 Å². The molecule has 1 rings (SSSR count). The van der Waals surface area contributed by atoms with E-state index < -0.39 is 0 Å². The van der Waals surface area contributed by atoms with Crippen molar-refractivity contribution < 1.29 is 14.2 Å². The van der Waals surface area contributed by atoms with Gasteiger partial charge in [-0.05, 0) is 12.5 Å². The molecular formula is C11H16O3S. The lowest BCUT2D eigenvalue weighted by Gasteiger charge is -2.16. The molecule has 0 saturated heterocycles. The van der Waals surface area contributed by atoms with Crippen molar-refractivity contribution in [3.8, 4) is 17.2 Å². The summed E-state index contributed by atoms with van der Waals surface area (Å²) in [4.78, 5) is 0.854. The third-order valence-corrected chi connectivity index (χ3v) is 2.66. The first-order chi connectivity index (χ1) is 7.19. The van der Waals surface area contributed by atoms with Gasteiger partial charge in [-0.3, -0.25) is 0 Å². The summed E-state index contributed by atoms with van der Waals surface area (Å²) in [5, 5.41) is 0. The Hall–Kier alpha value is -1.03. The van der Waals surface area contributed by atoms with Gasteiger partial charge in [0.2, 0.25) is 5.75 Å². The summed E-state index contributed by atoms with van der Waals surface area (Å²) in [6, 6.07) is 1.84. The summed E-state index contributed by atoms with van der Waals surface area (Å²) in [5.74, 6) is 1.95. The molecule has 0 radical (unpaired) electrons. The molecule has 0 N–H and O–H groups in total. The zero-order valence-electron chi connectivity index (χ0n) is 9.46. The van der Waals surface area contributed by atoms with E-state index in [0.717, 1.165) is 16.9 Å². The van der Waals surface area contributed by atoms with Gasteiger partial charge < -0.3 is 14.2 Å². The van der Waals surface area contributed by atoms with Crippen molar-refractivity contribution in [1.29, 1.82) is 0 Å². The second kappa shape index (κ2) is 5.16. The summed E-state index contributed by atoms with van der Waals surface area (Å²) in [6.45, 7) is 2.05. The van der Waals surface area contributed by atoms with E-state index >= 15 is 0 Å². The predicted molar refractivity (Wildman–Crippen MR) is 62.7 cm³/mol. The van der Waals surface area contributed by atoms with Gasteiger partial charge in [0.15, 0.2) is 11.5 Å². The fraction of sp³-hybridized carbons (Fsp3) is 0.455. The average molecular weight is 228 g/mol. The molecule has 0 atom stereocenters. The molecule has 0 fully saturated rings. The molecule has 0 aliphatic rings. The number of rotatable bonds is 4. The van der Waals surface area contributed by atoms with Crippen molar-refractivity contribution in [2.75, 3.05) is 21.3 Å². The number of methoxy groups -OCH3 is 3. The molecule has 1 aromatic rings. The van der Waals surface area contributed by atoms with E-state index in [2.05, 4.69) is 12.6 Å². The number of thiol groups is 1. The smallest absolute Gasteiger partial charge is 0.203 e. The maximum absolute atomic E-state index is 5.33. The molecule has 0 aliphatic carbocycles. The largest absolute Gasteiger partial charge is 0.493 e. The zero-order chi connectivity index (χ0) is 11.4. The molecule has 4 heteroatoms. The van der Waals surface area contributed by atoms with Crippen LogP contribution in [0.3, 0.4) is 0 Å². The Morgan fingerprint density at radius 3 is 2.07 bits per heavy atom. The van der Waals surface area contributed by atoms with Crippen LogP contribution in [0.15, 0.2) is 11.0 Å². The van der Waals surface area contributed by atoms with Crippen LogP contribution >= 0.6 is 12.6 Å². The van der Waals surface area contributed by atoms with Crippen LogP contribution in [0.5, 0.6) is 17.2 Å². The fourth-order valence-electron chi connectivity index (χ4n) is 1.54. The Bertz CT molecular complexity index is 350. The molecule has 0 aromatic heterocycles. The Labute approximate surface area is 95.8 Å². The maximum atomic E-state index is 5.33. The Balaban J connectivity index is 3.44. The van der Waals surface area contributed by atoms with E-state index in [1.807, 2.05) is 13.0 Å². The number of hydrogen-bond acceptors (Lipinski definition) is 4. The first-order valence-corrected chi connectivity index (χ1v) is 5.15. The van der Waals surface area contributed by atoms with Gasteiger partial charge in [0, 0.05) is 10.5 Å². The summed E-state index contributed by atoms with van der Waals surface area (Å²) in [7, 11) is 4.80. The first-order valence-electron chi connectivity index (χ1n) is 4.70. The quantitative estimate of drug-likeness (QED) is 0.803.